The summed E-state index contributed by atoms with van der Waals surface area (Å²) in [5.74, 6) is -0.928. The monoisotopic (exact) mass is 1010 g/mol. The predicted molar refractivity (Wildman–Crippen MR) is 316 cm³/mol. The first-order chi connectivity index (χ1) is 36.0. The lowest BCUT2D eigenvalue weighted by Gasteiger charge is -2.18. The maximum absolute atomic E-state index is 12.9. The fourth-order valence-electron chi connectivity index (χ4n) is 8.44. The number of hydrogen-bond acceptors (Lipinski definition) is 6. The van der Waals surface area contributed by atoms with Gasteiger partial charge in [0.1, 0.15) is 13.2 Å². The topological polar surface area (TPSA) is 78.9 Å². The van der Waals surface area contributed by atoms with Gasteiger partial charge in [0.25, 0.3) is 0 Å². The van der Waals surface area contributed by atoms with Crippen LogP contribution >= 0.6 is 0 Å². The first-order valence-electron chi connectivity index (χ1n) is 30.7. The van der Waals surface area contributed by atoms with Gasteiger partial charge in [0.15, 0.2) is 6.10 Å². The van der Waals surface area contributed by atoms with E-state index in [1.807, 2.05) is 0 Å². The zero-order valence-corrected chi connectivity index (χ0v) is 47.9. The van der Waals surface area contributed by atoms with E-state index in [1.165, 1.54) is 141 Å². The Hall–Kier alpha value is -3.67. The van der Waals surface area contributed by atoms with Gasteiger partial charge in [0, 0.05) is 19.3 Å². The second-order valence-electron chi connectivity index (χ2n) is 20.2. The van der Waals surface area contributed by atoms with Gasteiger partial charge in [0.2, 0.25) is 0 Å². The van der Waals surface area contributed by atoms with Crippen LogP contribution in [0, 0.1) is 0 Å². The Morgan fingerprint density at radius 2 is 0.534 bits per heavy atom. The Bertz CT molecular complexity index is 1440. The zero-order valence-electron chi connectivity index (χ0n) is 47.9. The third-order valence-electron chi connectivity index (χ3n) is 13.0. The van der Waals surface area contributed by atoms with E-state index in [9.17, 15) is 14.4 Å². The second-order valence-corrected chi connectivity index (χ2v) is 20.2. The Morgan fingerprint density at radius 3 is 0.890 bits per heavy atom. The first-order valence-corrected chi connectivity index (χ1v) is 30.7. The Kier molecular flexibility index (Phi) is 57.8. The molecule has 0 fully saturated rings. The van der Waals surface area contributed by atoms with Crippen LogP contribution in [0.3, 0.4) is 0 Å². The highest BCUT2D eigenvalue weighted by Gasteiger charge is 2.19. The van der Waals surface area contributed by atoms with Crippen LogP contribution in [-0.2, 0) is 28.6 Å². The summed E-state index contributed by atoms with van der Waals surface area (Å²) in [7, 11) is 0. The fourth-order valence-corrected chi connectivity index (χ4v) is 8.44. The highest BCUT2D eigenvalue weighted by Crippen LogP contribution is 2.15. The van der Waals surface area contributed by atoms with Crippen molar-refractivity contribution < 1.29 is 28.6 Å². The van der Waals surface area contributed by atoms with Gasteiger partial charge < -0.3 is 14.2 Å². The summed E-state index contributed by atoms with van der Waals surface area (Å²) in [6.45, 7) is 6.48. The molecule has 0 aliphatic heterocycles. The molecule has 0 aromatic heterocycles. The molecule has 418 valence electrons. The van der Waals surface area contributed by atoms with Gasteiger partial charge >= 0.3 is 17.9 Å². The molecule has 0 N–H and O–H groups in total. The van der Waals surface area contributed by atoms with E-state index in [-0.39, 0.29) is 31.1 Å². The number of allylic oxidation sites excluding steroid dienone is 16. The molecule has 6 nitrogen and oxygen atoms in total. The molecule has 0 amide bonds. The average Bonchev–Trinajstić information content (AvgIpc) is 3.39. The van der Waals surface area contributed by atoms with E-state index in [2.05, 4.69) is 118 Å². The Labute approximate surface area is 451 Å². The van der Waals surface area contributed by atoms with Gasteiger partial charge in [-0.05, 0) is 122 Å². The molecule has 0 saturated heterocycles. The van der Waals surface area contributed by atoms with Crippen molar-refractivity contribution in [3.05, 3.63) is 97.2 Å². The lowest BCUT2D eigenvalue weighted by Crippen LogP contribution is -2.30. The van der Waals surface area contributed by atoms with Crippen LogP contribution in [0.1, 0.15) is 290 Å². The molecule has 0 aromatic rings. The molecule has 6 heteroatoms. The van der Waals surface area contributed by atoms with Crippen LogP contribution in [0.4, 0.5) is 0 Å². The molecule has 0 aliphatic carbocycles. The predicted octanol–water partition coefficient (Wildman–Crippen LogP) is 20.9. The molecule has 0 saturated carbocycles. The number of ether oxygens (including phenoxy) is 3. The summed E-state index contributed by atoms with van der Waals surface area (Å²) in [5.41, 5.74) is 0. The molecule has 0 bridgehead atoms. The molecule has 1 atom stereocenters. The van der Waals surface area contributed by atoms with Crippen molar-refractivity contribution in [1.29, 1.82) is 0 Å². The van der Waals surface area contributed by atoms with Crippen molar-refractivity contribution in [2.75, 3.05) is 13.2 Å². The summed E-state index contributed by atoms with van der Waals surface area (Å²) in [6.07, 6.45) is 81.1. The SMILES string of the molecule is CC/C=C\C/C=C\C/C=C\C/C=C\C/C=C\CCCCCC(=O)OCC(COC(=O)CCCCCCCCC/C=C\C/C=C\CCCCC)OC(=O)CCCCCCCCCCC/C=C\CCCCCCCC. The summed E-state index contributed by atoms with van der Waals surface area (Å²) in [6, 6.07) is 0. The van der Waals surface area contributed by atoms with Crippen LogP contribution in [0.2, 0.25) is 0 Å². The largest absolute Gasteiger partial charge is 0.462 e. The normalized spacial score (nSPS) is 12.8. The molecule has 0 aliphatic rings. The summed E-state index contributed by atoms with van der Waals surface area (Å²) in [5, 5.41) is 0. The van der Waals surface area contributed by atoms with Crippen LogP contribution in [0.15, 0.2) is 97.2 Å². The molecule has 0 aromatic carbocycles. The molecule has 0 rings (SSSR count). The minimum absolute atomic E-state index is 0.0930. The third kappa shape index (κ3) is 59.1. The number of unbranched alkanes of at least 4 members (excludes halogenated alkanes) is 28. The third-order valence-corrected chi connectivity index (χ3v) is 13.0. The van der Waals surface area contributed by atoms with Crippen molar-refractivity contribution in [3.8, 4) is 0 Å². The quantitative estimate of drug-likeness (QED) is 0.0261. The Morgan fingerprint density at radius 1 is 0.288 bits per heavy atom. The van der Waals surface area contributed by atoms with Crippen molar-refractivity contribution >= 4 is 17.9 Å². The molecule has 0 spiro atoms. The van der Waals surface area contributed by atoms with Gasteiger partial charge in [-0.15, -0.1) is 0 Å². The molecule has 0 radical (unpaired) electrons. The molecule has 1 unspecified atom stereocenters. The second kappa shape index (κ2) is 60.9. The highest BCUT2D eigenvalue weighted by atomic mass is 16.6. The summed E-state index contributed by atoms with van der Waals surface area (Å²) >= 11 is 0. The number of esters is 3. The summed E-state index contributed by atoms with van der Waals surface area (Å²) < 4.78 is 16.9. The van der Waals surface area contributed by atoms with Crippen molar-refractivity contribution in [2.45, 2.75) is 297 Å². The number of carbonyl (C=O) groups is 3. The van der Waals surface area contributed by atoms with E-state index in [1.54, 1.807) is 0 Å². The van der Waals surface area contributed by atoms with E-state index in [4.69, 9.17) is 14.2 Å². The summed E-state index contributed by atoms with van der Waals surface area (Å²) in [4.78, 5) is 38.3. The van der Waals surface area contributed by atoms with Crippen LogP contribution in [-0.4, -0.2) is 37.2 Å². The molecular formula is C67H114O6. The van der Waals surface area contributed by atoms with Crippen molar-refractivity contribution in [3.63, 3.8) is 0 Å². The standard InChI is InChI=1S/C67H114O6/c1-4-7-10-13-16-19-22-25-28-31-33-36-39-42-45-48-51-54-57-60-66(69)72-63-64(62-71-65(68)59-56-53-50-47-44-41-38-35-30-27-24-21-18-15-12-9-6-3)73-67(70)61-58-55-52-49-46-43-40-37-34-32-29-26-23-20-17-14-11-8-5-2/h7,10,16,18-19,21,25-30,33,36,42,45,64H,4-6,8-9,11-15,17,20,22-24,31-32,34-35,37-41,43-44,46-63H2,1-3H3/b10-7-,19-16-,21-18-,28-25-,29-26-,30-27-,36-33-,45-42-. The first kappa shape index (κ1) is 69.3. The minimum Gasteiger partial charge on any atom is -0.462 e. The van der Waals surface area contributed by atoms with Crippen LogP contribution in [0.5, 0.6) is 0 Å². The average molecular weight is 1020 g/mol. The van der Waals surface area contributed by atoms with E-state index < -0.39 is 6.10 Å². The highest BCUT2D eigenvalue weighted by molar-refractivity contribution is 5.71. The molecule has 0 heterocycles. The van der Waals surface area contributed by atoms with Gasteiger partial charge in [-0.25, -0.2) is 0 Å². The lowest BCUT2D eigenvalue weighted by molar-refractivity contribution is -0.167. The number of hydrogen-bond donors (Lipinski definition) is 0. The fraction of sp³-hybridized carbons (Fsp3) is 0.716. The maximum atomic E-state index is 12.9. The zero-order chi connectivity index (χ0) is 52.9. The maximum Gasteiger partial charge on any atom is 0.306 e. The molecule has 73 heavy (non-hydrogen) atoms. The van der Waals surface area contributed by atoms with E-state index >= 15 is 0 Å². The van der Waals surface area contributed by atoms with E-state index in [0.29, 0.717) is 19.3 Å². The number of rotatable bonds is 55. The van der Waals surface area contributed by atoms with Crippen LogP contribution < -0.4 is 0 Å². The van der Waals surface area contributed by atoms with Gasteiger partial charge in [-0.1, -0.05) is 246 Å². The molecular weight excluding hydrogens is 901 g/mol. The number of carbonyl (C=O) groups excluding carboxylic acids is 3. The van der Waals surface area contributed by atoms with Crippen LogP contribution in [0.25, 0.3) is 0 Å². The van der Waals surface area contributed by atoms with Gasteiger partial charge in [-0.3, -0.25) is 14.4 Å². The van der Waals surface area contributed by atoms with Gasteiger partial charge in [-0.2, -0.15) is 0 Å². The van der Waals surface area contributed by atoms with E-state index in [0.717, 1.165) is 109 Å². The van der Waals surface area contributed by atoms with Crippen molar-refractivity contribution in [1.82, 2.24) is 0 Å². The lowest BCUT2D eigenvalue weighted by atomic mass is 10.1. The minimum atomic E-state index is -0.798. The van der Waals surface area contributed by atoms with Crippen molar-refractivity contribution in [2.24, 2.45) is 0 Å². The Balaban J connectivity index is 4.46. The smallest absolute Gasteiger partial charge is 0.306 e. The van der Waals surface area contributed by atoms with Gasteiger partial charge in [0.05, 0.1) is 0 Å².